The molecule has 1 fully saturated rings. The average molecular weight is 113 g/mol. The van der Waals surface area contributed by atoms with Crippen LogP contribution in [0.5, 0.6) is 0 Å². The zero-order valence-electron chi connectivity index (χ0n) is 5.85. The molecule has 2 unspecified atom stereocenters. The molecule has 0 bridgehead atoms. The molecule has 8 heavy (non-hydrogen) atoms. The molecule has 1 aliphatic rings. The molecule has 1 nitrogen and oxygen atoms in total. The molecule has 0 radical (unpaired) electrons. The predicted octanol–water partition coefficient (Wildman–Crippen LogP) is 1.49. The van der Waals surface area contributed by atoms with Crippen LogP contribution >= 0.6 is 0 Å². The van der Waals surface area contributed by atoms with Gasteiger partial charge in [0.2, 0.25) is 0 Å². The van der Waals surface area contributed by atoms with Crippen molar-refractivity contribution in [3.8, 4) is 0 Å². The Bertz CT molecular complexity index is 70.8. The Morgan fingerprint density at radius 1 is 1.50 bits per heavy atom. The third-order valence-corrected chi connectivity index (χ3v) is 1.81. The van der Waals surface area contributed by atoms with Gasteiger partial charge in [-0.05, 0) is 19.4 Å². The summed E-state index contributed by atoms with van der Waals surface area (Å²) in [7, 11) is 0. The summed E-state index contributed by atoms with van der Waals surface area (Å²) in [6.45, 7) is 7.19. The van der Waals surface area contributed by atoms with Crippen molar-refractivity contribution in [2.75, 3.05) is 13.1 Å². The molecule has 0 spiro atoms. The van der Waals surface area contributed by atoms with E-state index in [-0.39, 0.29) is 0 Å². The van der Waals surface area contributed by atoms with Crippen molar-refractivity contribution in [3.05, 3.63) is 0 Å². The second-order valence-corrected chi connectivity index (χ2v) is 2.56. The van der Waals surface area contributed by atoms with E-state index >= 15 is 0 Å². The number of hydrogen-bond acceptors (Lipinski definition) is 1. The van der Waals surface area contributed by atoms with Crippen LogP contribution in [0.15, 0.2) is 0 Å². The normalized spacial score (nSPS) is 35.2. The maximum Gasteiger partial charge on any atom is 0.0221 e. The van der Waals surface area contributed by atoms with Crippen LogP contribution in [-0.4, -0.2) is 24.0 Å². The van der Waals surface area contributed by atoms with Crippen molar-refractivity contribution >= 4 is 0 Å². The van der Waals surface area contributed by atoms with Gasteiger partial charge in [-0.25, -0.2) is 0 Å². The molecule has 0 aromatic carbocycles. The van der Waals surface area contributed by atoms with E-state index in [1.54, 1.807) is 0 Å². The summed E-state index contributed by atoms with van der Waals surface area (Å²) < 4.78 is 0. The molecule has 0 N–H and O–H groups in total. The maximum absolute atomic E-state index is 2.53. The third kappa shape index (κ3) is 1.22. The Balaban J connectivity index is 1.99. The second-order valence-electron chi connectivity index (χ2n) is 2.56. The summed E-state index contributed by atoms with van der Waals surface area (Å²) in [6.07, 6.45) is 2.66. The molecule has 0 aliphatic carbocycles. The highest BCUT2D eigenvalue weighted by Crippen LogP contribution is 2.19. The first kappa shape index (κ1) is 6.09. The average Bonchev–Trinajstić information content (AvgIpc) is 2.48. The highest BCUT2D eigenvalue weighted by atomic mass is 15.3. The maximum atomic E-state index is 2.53. The molecule has 1 heterocycles. The van der Waals surface area contributed by atoms with Gasteiger partial charge in [-0.3, -0.25) is 4.90 Å². The molecule has 0 aromatic heterocycles. The van der Waals surface area contributed by atoms with Gasteiger partial charge in [0.05, 0.1) is 0 Å². The van der Waals surface area contributed by atoms with Gasteiger partial charge in [0.15, 0.2) is 0 Å². The molecule has 1 rings (SSSR count). The van der Waals surface area contributed by atoms with Gasteiger partial charge in [0.1, 0.15) is 0 Å². The molecular formula is C7H15N. The zero-order chi connectivity index (χ0) is 5.98. The quantitative estimate of drug-likeness (QED) is 0.501. The van der Waals surface area contributed by atoms with Crippen molar-refractivity contribution in [2.24, 2.45) is 0 Å². The fourth-order valence-electron chi connectivity index (χ4n) is 1.17. The largest absolute Gasteiger partial charge is 0.298 e. The first-order valence-corrected chi connectivity index (χ1v) is 3.62. The highest BCUT2D eigenvalue weighted by Gasteiger charge is 2.29. The van der Waals surface area contributed by atoms with E-state index < -0.39 is 0 Å². The molecule has 0 amide bonds. The van der Waals surface area contributed by atoms with Crippen LogP contribution in [0.3, 0.4) is 0 Å². The Hall–Kier alpha value is -0.0400. The molecule has 1 aliphatic heterocycles. The first-order chi connectivity index (χ1) is 3.88. The van der Waals surface area contributed by atoms with E-state index in [1.807, 2.05) is 0 Å². The Kier molecular flexibility index (Phi) is 1.90. The Labute approximate surface area is 51.7 Å². The van der Waals surface area contributed by atoms with Gasteiger partial charge in [-0.1, -0.05) is 13.8 Å². The van der Waals surface area contributed by atoms with Crippen LogP contribution in [0.4, 0.5) is 0 Å². The predicted molar refractivity (Wildman–Crippen MR) is 35.9 cm³/mol. The van der Waals surface area contributed by atoms with Gasteiger partial charge in [0, 0.05) is 12.6 Å². The summed E-state index contributed by atoms with van der Waals surface area (Å²) in [6, 6.07) is 0.954. The standard InChI is InChI=1S/C7H15N/c1-3-5-8-6-7(8)4-2/h7H,3-6H2,1-2H3. The summed E-state index contributed by atoms with van der Waals surface area (Å²) in [5.41, 5.74) is 0. The summed E-state index contributed by atoms with van der Waals surface area (Å²) in [5, 5.41) is 0. The van der Waals surface area contributed by atoms with Crippen LogP contribution in [0.1, 0.15) is 26.7 Å². The fourth-order valence-corrected chi connectivity index (χ4v) is 1.17. The smallest absolute Gasteiger partial charge is 0.0221 e. The van der Waals surface area contributed by atoms with Gasteiger partial charge >= 0.3 is 0 Å². The molecule has 1 heteroatoms. The lowest BCUT2D eigenvalue weighted by Gasteiger charge is -1.95. The van der Waals surface area contributed by atoms with Crippen molar-refractivity contribution in [2.45, 2.75) is 32.7 Å². The summed E-state index contributed by atoms with van der Waals surface area (Å²) in [4.78, 5) is 2.53. The van der Waals surface area contributed by atoms with Crippen LogP contribution < -0.4 is 0 Å². The second kappa shape index (κ2) is 2.49. The zero-order valence-corrected chi connectivity index (χ0v) is 5.85. The molecular weight excluding hydrogens is 98.1 g/mol. The van der Waals surface area contributed by atoms with E-state index in [2.05, 4.69) is 18.7 Å². The van der Waals surface area contributed by atoms with Crippen LogP contribution in [-0.2, 0) is 0 Å². The monoisotopic (exact) mass is 113 g/mol. The van der Waals surface area contributed by atoms with Gasteiger partial charge in [-0.15, -0.1) is 0 Å². The van der Waals surface area contributed by atoms with E-state index in [1.165, 1.54) is 25.9 Å². The van der Waals surface area contributed by atoms with Crippen LogP contribution in [0.25, 0.3) is 0 Å². The van der Waals surface area contributed by atoms with E-state index in [4.69, 9.17) is 0 Å². The van der Waals surface area contributed by atoms with E-state index in [0.717, 1.165) is 6.04 Å². The molecule has 1 saturated heterocycles. The van der Waals surface area contributed by atoms with Crippen molar-refractivity contribution in [1.29, 1.82) is 0 Å². The van der Waals surface area contributed by atoms with Crippen molar-refractivity contribution in [1.82, 2.24) is 4.90 Å². The number of hydrogen-bond donors (Lipinski definition) is 0. The number of rotatable bonds is 3. The van der Waals surface area contributed by atoms with Gasteiger partial charge < -0.3 is 0 Å². The SMILES string of the molecule is CCCN1CC1CC. The summed E-state index contributed by atoms with van der Waals surface area (Å²) in [5.74, 6) is 0. The molecule has 48 valence electrons. The molecule has 0 aromatic rings. The van der Waals surface area contributed by atoms with Crippen molar-refractivity contribution in [3.63, 3.8) is 0 Å². The van der Waals surface area contributed by atoms with Crippen LogP contribution in [0.2, 0.25) is 0 Å². The lowest BCUT2D eigenvalue weighted by Crippen LogP contribution is -2.00. The molecule has 0 saturated carbocycles. The van der Waals surface area contributed by atoms with Gasteiger partial charge in [0.25, 0.3) is 0 Å². The Morgan fingerprint density at radius 2 is 2.25 bits per heavy atom. The minimum atomic E-state index is 0.954. The third-order valence-electron chi connectivity index (χ3n) is 1.81. The molecule has 2 atom stereocenters. The fraction of sp³-hybridized carbons (Fsp3) is 1.00. The lowest BCUT2D eigenvalue weighted by molar-refractivity contribution is 0.496. The minimum absolute atomic E-state index is 0.954. The summed E-state index contributed by atoms with van der Waals surface area (Å²) >= 11 is 0. The first-order valence-electron chi connectivity index (χ1n) is 3.62. The van der Waals surface area contributed by atoms with Gasteiger partial charge in [-0.2, -0.15) is 0 Å². The lowest BCUT2D eigenvalue weighted by atomic mass is 10.4. The Morgan fingerprint density at radius 3 is 2.62 bits per heavy atom. The minimum Gasteiger partial charge on any atom is -0.298 e. The highest BCUT2D eigenvalue weighted by molar-refractivity contribution is 4.86. The van der Waals surface area contributed by atoms with Crippen LogP contribution in [0, 0.1) is 0 Å². The van der Waals surface area contributed by atoms with Crippen molar-refractivity contribution < 1.29 is 0 Å². The van der Waals surface area contributed by atoms with E-state index in [9.17, 15) is 0 Å². The number of nitrogens with zero attached hydrogens (tertiary/aromatic N) is 1. The van der Waals surface area contributed by atoms with E-state index in [0.29, 0.717) is 0 Å². The topological polar surface area (TPSA) is 3.01 Å².